The molecule has 2 rings (SSSR count). The van der Waals surface area contributed by atoms with Gasteiger partial charge in [0.25, 0.3) is 0 Å². The molecule has 0 fully saturated rings. The van der Waals surface area contributed by atoms with Crippen molar-refractivity contribution in [3.8, 4) is 0 Å². The molecule has 8 heteroatoms. The van der Waals surface area contributed by atoms with Gasteiger partial charge in [0.2, 0.25) is 0 Å². The minimum atomic E-state index is -3.82. The van der Waals surface area contributed by atoms with E-state index in [0.717, 1.165) is 11.1 Å². The molecule has 0 amide bonds. The highest BCUT2D eigenvalue weighted by molar-refractivity contribution is 7.92. The topological polar surface area (TPSA) is 120 Å². The van der Waals surface area contributed by atoms with Crippen molar-refractivity contribution in [2.45, 2.75) is 74.9 Å². The monoisotopic (exact) mass is 452 g/mol. The zero-order valence-corrected chi connectivity index (χ0v) is 20.1. The molecule has 0 aliphatic heterocycles. The Labute approximate surface area is 180 Å². The number of nitrogens with two attached hydrogens (primary N) is 2. The van der Waals surface area contributed by atoms with Crippen LogP contribution in [0.5, 0.6) is 0 Å². The lowest BCUT2D eigenvalue weighted by Crippen LogP contribution is -2.37. The first kappa shape index (κ1) is 24.5. The van der Waals surface area contributed by atoms with Crippen molar-refractivity contribution >= 4 is 19.7 Å². The van der Waals surface area contributed by atoms with Gasteiger partial charge >= 0.3 is 0 Å². The summed E-state index contributed by atoms with van der Waals surface area (Å²) in [6.45, 7) is 10.7. The number of hydrogen-bond donors (Lipinski definition) is 2. The second-order valence-corrected chi connectivity index (χ2v) is 12.4. The van der Waals surface area contributed by atoms with Gasteiger partial charge < -0.3 is 11.5 Å². The van der Waals surface area contributed by atoms with Crippen molar-refractivity contribution < 1.29 is 16.8 Å². The van der Waals surface area contributed by atoms with E-state index in [0.29, 0.717) is 22.3 Å². The Balaban J connectivity index is 2.27. The Hall–Kier alpha value is -1.74. The van der Waals surface area contributed by atoms with Gasteiger partial charge in [0.15, 0.2) is 19.7 Å². The van der Waals surface area contributed by atoms with E-state index in [2.05, 4.69) is 0 Å². The molecular weight excluding hydrogens is 420 g/mol. The maximum absolute atomic E-state index is 13.0. The third-order valence-corrected chi connectivity index (χ3v) is 9.80. The van der Waals surface area contributed by atoms with Crippen LogP contribution < -0.4 is 11.5 Å². The van der Waals surface area contributed by atoms with E-state index >= 15 is 0 Å². The summed E-state index contributed by atoms with van der Waals surface area (Å²) in [5.74, 6) is 0. The van der Waals surface area contributed by atoms with Crippen molar-refractivity contribution in [3.05, 3.63) is 57.6 Å². The molecule has 0 radical (unpaired) electrons. The fraction of sp³-hybridized carbons (Fsp3) is 0.455. The highest BCUT2D eigenvalue weighted by Gasteiger charge is 2.31. The molecule has 0 aliphatic carbocycles. The molecule has 0 spiro atoms. The third-order valence-electron chi connectivity index (χ3n) is 5.31. The number of sulfone groups is 2. The summed E-state index contributed by atoms with van der Waals surface area (Å²) in [6, 6.07) is 7.19. The molecule has 30 heavy (non-hydrogen) atoms. The predicted molar refractivity (Wildman–Crippen MR) is 121 cm³/mol. The van der Waals surface area contributed by atoms with Gasteiger partial charge in [0.1, 0.15) is 10.7 Å². The Morgan fingerprint density at radius 1 is 0.600 bits per heavy atom. The standard InChI is InChI=1S/C22H32N2O4S2/c1-13-9-15(3)21(16(4)10-13)29(25,26)19(23)7-8-20(24)30(27,28)22-17(5)11-14(2)12-18(22)6/h9-12,19-20H,7-8,23-24H2,1-6H3. The minimum absolute atomic E-state index is 0.0561. The summed E-state index contributed by atoms with van der Waals surface area (Å²) in [5, 5.41) is -2.47. The van der Waals surface area contributed by atoms with E-state index in [1.165, 1.54) is 0 Å². The summed E-state index contributed by atoms with van der Waals surface area (Å²) in [4.78, 5) is 0.421. The van der Waals surface area contributed by atoms with Crippen LogP contribution in [-0.4, -0.2) is 27.6 Å². The van der Waals surface area contributed by atoms with Crippen molar-refractivity contribution in [1.29, 1.82) is 0 Å². The SMILES string of the molecule is Cc1cc(C)c(S(=O)(=O)C(N)CCC(N)S(=O)(=O)c2c(C)cc(C)cc2C)c(C)c1. The molecule has 6 nitrogen and oxygen atoms in total. The molecule has 2 atom stereocenters. The molecule has 0 aromatic heterocycles. The Morgan fingerprint density at radius 3 is 1.07 bits per heavy atom. The second-order valence-electron chi connectivity index (χ2n) is 8.20. The molecule has 0 heterocycles. The van der Waals surface area contributed by atoms with Gasteiger partial charge in [-0.15, -0.1) is 0 Å². The van der Waals surface area contributed by atoms with Crippen LogP contribution in [0.3, 0.4) is 0 Å². The van der Waals surface area contributed by atoms with Crippen molar-refractivity contribution in [3.63, 3.8) is 0 Å². The smallest absolute Gasteiger partial charge is 0.194 e. The Morgan fingerprint density at radius 2 is 0.833 bits per heavy atom. The van der Waals surface area contributed by atoms with Gasteiger partial charge in [-0.05, 0) is 76.6 Å². The largest absolute Gasteiger partial charge is 0.315 e. The molecule has 2 aromatic rings. The average Bonchev–Trinajstić information content (AvgIpc) is 2.56. The molecule has 0 aliphatic rings. The summed E-state index contributed by atoms with van der Waals surface area (Å²) >= 11 is 0. The van der Waals surface area contributed by atoms with E-state index < -0.39 is 30.4 Å². The van der Waals surface area contributed by atoms with Gasteiger partial charge in [-0.2, -0.15) is 0 Å². The van der Waals surface area contributed by atoms with E-state index in [1.807, 2.05) is 13.8 Å². The lowest BCUT2D eigenvalue weighted by atomic mass is 10.1. The second kappa shape index (κ2) is 8.78. The molecule has 2 unspecified atom stereocenters. The number of aryl methyl sites for hydroxylation is 6. The molecule has 166 valence electrons. The van der Waals surface area contributed by atoms with Gasteiger partial charge in [0, 0.05) is 0 Å². The Kier molecular flexibility index (Phi) is 7.18. The van der Waals surface area contributed by atoms with Crippen molar-refractivity contribution in [2.75, 3.05) is 0 Å². The molecular formula is C22H32N2O4S2. The van der Waals surface area contributed by atoms with Crippen LogP contribution in [0.25, 0.3) is 0 Å². The first-order chi connectivity index (χ1) is 13.7. The van der Waals surface area contributed by atoms with Crippen LogP contribution in [0.1, 0.15) is 46.2 Å². The quantitative estimate of drug-likeness (QED) is 0.666. The summed E-state index contributed by atoms with van der Waals surface area (Å²) in [5.41, 5.74) is 16.5. The van der Waals surface area contributed by atoms with E-state index in [-0.39, 0.29) is 22.6 Å². The van der Waals surface area contributed by atoms with Gasteiger partial charge in [-0.25, -0.2) is 16.8 Å². The Bertz CT molecular complexity index is 1030. The minimum Gasteiger partial charge on any atom is -0.315 e. The van der Waals surface area contributed by atoms with Crippen LogP contribution in [0.15, 0.2) is 34.1 Å². The summed E-state index contributed by atoms with van der Waals surface area (Å²) in [7, 11) is -7.63. The highest BCUT2D eigenvalue weighted by atomic mass is 32.2. The van der Waals surface area contributed by atoms with E-state index in [9.17, 15) is 16.8 Å². The summed E-state index contributed by atoms with van der Waals surface area (Å²) in [6.07, 6.45) is -0.112. The maximum Gasteiger partial charge on any atom is 0.194 e. The van der Waals surface area contributed by atoms with E-state index in [4.69, 9.17) is 11.5 Å². The van der Waals surface area contributed by atoms with Gasteiger partial charge in [-0.3, -0.25) is 0 Å². The van der Waals surface area contributed by atoms with E-state index in [1.54, 1.807) is 52.0 Å². The molecule has 0 saturated carbocycles. The first-order valence-electron chi connectivity index (χ1n) is 9.84. The third kappa shape index (κ3) is 4.77. The predicted octanol–water partition coefficient (Wildman–Crippen LogP) is 3.13. The van der Waals surface area contributed by atoms with Gasteiger partial charge in [-0.1, -0.05) is 35.4 Å². The number of hydrogen-bond acceptors (Lipinski definition) is 6. The maximum atomic E-state index is 13.0. The summed E-state index contributed by atoms with van der Waals surface area (Å²) < 4.78 is 52.2. The van der Waals surface area contributed by atoms with Crippen LogP contribution in [0, 0.1) is 41.5 Å². The lowest BCUT2D eigenvalue weighted by molar-refractivity contribution is 0.548. The lowest BCUT2D eigenvalue weighted by Gasteiger charge is -2.20. The normalized spacial score (nSPS) is 14.5. The van der Waals surface area contributed by atoms with Crippen molar-refractivity contribution in [2.24, 2.45) is 11.5 Å². The molecule has 0 saturated heterocycles. The van der Waals surface area contributed by atoms with Crippen LogP contribution >= 0.6 is 0 Å². The zero-order chi connectivity index (χ0) is 23.0. The van der Waals surface area contributed by atoms with Crippen molar-refractivity contribution in [1.82, 2.24) is 0 Å². The molecule has 0 bridgehead atoms. The number of rotatable bonds is 7. The highest BCUT2D eigenvalue weighted by Crippen LogP contribution is 2.28. The average molecular weight is 453 g/mol. The van der Waals surface area contributed by atoms with Crippen LogP contribution in [-0.2, 0) is 19.7 Å². The van der Waals surface area contributed by atoms with Gasteiger partial charge in [0.05, 0.1) is 9.79 Å². The fourth-order valence-corrected chi connectivity index (χ4v) is 7.70. The molecule has 4 N–H and O–H groups in total. The molecule has 2 aromatic carbocycles. The fourth-order valence-electron chi connectivity index (χ4n) is 4.17. The van der Waals surface area contributed by atoms with Crippen LogP contribution in [0.2, 0.25) is 0 Å². The zero-order valence-electron chi connectivity index (χ0n) is 18.5. The first-order valence-corrected chi connectivity index (χ1v) is 12.9. The number of benzene rings is 2. The van der Waals surface area contributed by atoms with Crippen LogP contribution in [0.4, 0.5) is 0 Å².